The highest BCUT2D eigenvalue weighted by Crippen LogP contribution is 2.31. The molecule has 0 amide bonds. The highest BCUT2D eigenvalue weighted by Gasteiger charge is 2.17. The first kappa shape index (κ1) is 8.69. The standard InChI is InChI=1S/C9H12N2OS/c12-8-5-7(10-9(13)11-8)6-3-1-2-4-6/h5-6H,1-4H2,(H2,10,11,12,13). The van der Waals surface area contributed by atoms with Gasteiger partial charge >= 0.3 is 0 Å². The van der Waals surface area contributed by atoms with Gasteiger partial charge in [-0.1, -0.05) is 12.8 Å². The monoisotopic (exact) mass is 196 g/mol. The van der Waals surface area contributed by atoms with Crippen molar-refractivity contribution in [2.75, 3.05) is 0 Å². The molecule has 13 heavy (non-hydrogen) atoms. The van der Waals surface area contributed by atoms with Crippen molar-refractivity contribution in [3.05, 3.63) is 26.9 Å². The molecule has 2 N–H and O–H groups in total. The lowest BCUT2D eigenvalue weighted by Crippen LogP contribution is -2.10. The molecule has 1 fully saturated rings. The molecule has 1 aromatic heterocycles. The van der Waals surface area contributed by atoms with Gasteiger partial charge in [-0.15, -0.1) is 0 Å². The summed E-state index contributed by atoms with van der Waals surface area (Å²) < 4.78 is 0.439. The first-order chi connectivity index (χ1) is 6.25. The van der Waals surface area contributed by atoms with E-state index >= 15 is 0 Å². The Morgan fingerprint density at radius 2 is 2.00 bits per heavy atom. The molecule has 70 valence electrons. The largest absolute Gasteiger partial charge is 0.336 e. The van der Waals surface area contributed by atoms with Crippen molar-refractivity contribution in [1.82, 2.24) is 9.97 Å². The lowest BCUT2D eigenvalue weighted by atomic mass is 10.0. The van der Waals surface area contributed by atoms with Crippen LogP contribution in [0.25, 0.3) is 0 Å². The van der Waals surface area contributed by atoms with Crippen LogP contribution in [0.15, 0.2) is 10.9 Å². The Morgan fingerprint density at radius 1 is 1.31 bits per heavy atom. The smallest absolute Gasteiger partial charge is 0.251 e. The van der Waals surface area contributed by atoms with Crippen molar-refractivity contribution in [3.8, 4) is 0 Å². The van der Waals surface area contributed by atoms with Crippen molar-refractivity contribution >= 4 is 12.2 Å². The van der Waals surface area contributed by atoms with Crippen LogP contribution in [0.1, 0.15) is 37.3 Å². The van der Waals surface area contributed by atoms with Crippen molar-refractivity contribution in [1.29, 1.82) is 0 Å². The summed E-state index contributed by atoms with van der Waals surface area (Å²) in [7, 11) is 0. The predicted octanol–water partition coefficient (Wildman–Crippen LogP) is 2.09. The maximum Gasteiger partial charge on any atom is 0.251 e. The maximum atomic E-state index is 11.1. The van der Waals surface area contributed by atoms with E-state index in [1.807, 2.05) is 0 Å². The minimum Gasteiger partial charge on any atom is -0.336 e. The van der Waals surface area contributed by atoms with Gasteiger partial charge in [0.25, 0.3) is 5.56 Å². The lowest BCUT2D eigenvalue weighted by molar-refractivity contribution is 0.689. The third-order valence-corrected chi connectivity index (χ3v) is 2.78. The summed E-state index contributed by atoms with van der Waals surface area (Å²) in [5, 5.41) is 0. The first-order valence-corrected chi connectivity index (χ1v) is 5.00. The van der Waals surface area contributed by atoms with E-state index in [-0.39, 0.29) is 5.56 Å². The van der Waals surface area contributed by atoms with E-state index in [2.05, 4.69) is 9.97 Å². The average molecular weight is 196 g/mol. The molecule has 0 aliphatic heterocycles. The van der Waals surface area contributed by atoms with Crippen molar-refractivity contribution in [2.24, 2.45) is 0 Å². The van der Waals surface area contributed by atoms with Gasteiger partial charge in [-0.3, -0.25) is 9.78 Å². The van der Waals surface area contributed by atoms with E-state index in [0.717, 1.165) is 5.69 Å². The summed E-state index contributed by atoms with van der Waals surface area (Å²) in [6.45, 7) is 0. The Labute approximate surface area is 81.2 Å². The minimum atomic E-state index is -0.0920. The molecule has 1 aliphatic rings. The number of hydrogen-bond acceptors (Lipinski definition) is 2. The molecule has 1 aliphatic carbocycles. The van der Waals surface area contributed by atoms with E-state index in [0.29, 0.717) is 10.7 Å². The van der Waals surface area contributed by atoms with Crippen molar-refractivity contribution in [2.45, 2.75) is 31.6 Å². The number of rotatable bonds is 1. The Morgan fingerprint density at radius 3 is 2.62 bits per heavy atom. The summed E-state index contributed by atoms with van der Waals surface area (Å²) in [4.78, 5) is 16.7. The molecule has 1 heterocycles. The van der Waals surface area contributed by atoms with E-state index in [1.54, 1.807) is 6.07 Å². The van der Waals surface area contributed by atoms with Gasteiger partial charge in [-0.2, -0.15) is 0 Å². The summed E-state index contributed by atoms with van der Waals surface area (Å²) >= 11 is 4.91. The molecule has 1 aromatic rings. The van der Waals surface area contributed by atoms with E-state index < -0.39 is 0 Å². The SMILES string of the molecule is O=c1cc(C2CCCC2)[nH]c(=S)[nH]1. The van der Waals surface area contributed by atoms with E-state index in [9.17, 15) is 4.79 Å². The zero-order valence-corrected chi connectivity index (χ0v) is 8.12. The van der Waals surface area contributed by atoms with Gasteiger partial charge < -0.3 is 4.98 Å². The second-order valence-corrected chi connectivity index (χ2v) is 3.93. The lowest BCUT2D eigenvalue weighted by Gasteiger charge is -2.07. The molecule has 0 radical (unpaired) electrons. The number of aromatic amines is 2. The molecular formula is C9H12N2OS. The third-order valence-electron chi connectivity index (χ3n) is 2.58. The van der Waals surface area contributed by atoms with Crippen LogP contribution in [0.4, 0.5) is 0 Å². The van der Waals surface area contributed by atoms with Gasteiger partial charge in [0.15, 0.2) is 4.77 Å². The summed E-state index contributed by atoms with van der Waals surface area (Å²) in [6, 6.07) is 1.63. The van der Waals surface area contributed by atoms with Gasteiger partial charge in [0.05, 0.1) is 0 Å². The first-order valence-electron chi connectivity index (χ1n) is 4.59. The molecule has 0 atom stereocenters. The summed E-state index contributed by atoms with van der Waals surface area (Å²) in [6.07, 6.45) is 4.87. The second-order valence-electron chi connectivity index (χ2n) is 3.52. The fourth-order valence-electron chi connectivity index (χ4n) is 1.94. The Hall–Kier alpha value is -0.900. The van der Waals surface area contributed by atoms with Crippen LogP contribution < -0.4 is 5.56 Å². The fourth-order valence-corrected chi connectivity index (χ4v) is 2.16. The van der Waals surface area contributed by atoms with Gasteiger partial charge in [0, 0.05) is 11.8 Å². The normalized spacial score (nSPS) is 17.8. The van der Waals surface area contributed by atoms with E-state index in [1.165, 1.54) is 25.7 Å². The van der Waals surface area contributed by atoms with Crippen LogP contribution in [-0.4, -0.2) is 9.97 Å². The second kappa shape index (κ2) is 3.46. The molecule has 0 aromatic carbocycles. The number of nitrogens with one attached hydrogen (secondary N) is 2. The molecule has 2 rings (SSSR count). The molecule has 0 saturated heterocycles. The van der Waals surface area contributed by atoms with Gasteiger partial charge in [0.2, 0.25) is 0 Å². The molecule has 0 bridgehead atoms. The van der Waals surface area contributed by atoms with Gasteiger partial charge in [0.1, 0.15) is 0 Å². The van der Waals surface area contributed by atoms with Gasteiger partial charge in [-0.25, -0.2) is 0 Å². The van der Waals surface area contributed by atoms with Crippen LogP contribution in [0, 0.1) is 4.77 Å². The number of hydrogen-bond donors (Lipinski definition) is 2. The van der Waals surface area contributed by atoms with Crippen LogP contribution in [0.2, 0.25) is 0 Å². The van der Waals surface area contributed by atoms with Crippen molar-refractivity contribution < 1.29 is 0 Å². The molecule has 0 spiro atoms. The third kappa shape index (κ3) is 1.88. The summed E-state index contributed by atoms with van der Waals surface area (Å²) in [5.41, 5.74) is 0.914. The summed E-state index contributed by atoms with van der Waals surface area (Å²) in [5.74, 6) is 0.518. The Bertz CT molecular complexity index is 372. The zero-order valence-electron chi connectivity index (χ0n) is 7.30. The number of aromatic nitrogens is 2. The van der Waals surface area contributed by atoms with Crippen LogP contribution in [0.3, 0.4) is 0 Å². The van der Waals surface area contributed by atoms with Gasteiger partial charge in [-0.05, 0) is 31.0 Å². The molecular weight excluding hydrogens is 184 g/mol. The van der Waals surface area contributed by atoms with Crippen LogP contribution in [0.5, 0.6) is 0 Å². The van der Waals surface area contributed by atoms with E-state index in [4.69, 9.17) is 12.2 Å². The highest BCUT2D eigenvalue weighted by atomic mass is 32.1. The minimum absolute atomic E-state index is 0.0920. The molecule has 1 saturated carbocycles. The average Bonchev–Trinajstić information content (AvgIpc) is 2.53. The zero-order chi connectivity index (χ0) is 9.26. The Kier molecular flexibility index (Phi) is 2.31. The quantitative estimate of drug-likeness (QED) is 0.676. The fraction of sp³-hybridized carbons (Fsp3) is 0.556. The molecule has 3 nitrogen and oxygen atoms in total. The highest BCUT2D eigenvalue weighted by molar-refractivity contribution is 7.71. The number of H-pyrrole nitrogens is 2. The maximum absolute atomic E-state index is 11.1. The van der Waals surface area contributed by atoms with Crippen LogP contribution in [-0.2, 0) is 0 Å². The predicted molar refractivity (Wildman–Crippen MR) is 53.5 cm³/mol. The topological polar surface area (TPSA) is 48.6 Å². The Balaban J connectivity index is 2.39. The molecule has 4 heteroatoms. The van der Waals surface area contributed by atoms with Crippen molar-refractivity contribution in [3.63, 3.8) is 0 Å². The van der Waals surface area contributed by atoms with Crippen LogP contribution >= 0.6 is 12.2 Å². The molecule has 0 unspecified atom stereocenters.